The normalized spacial score (nSPS) is 18.7. The minimum atomic E-state index is -0.189. The molecular weight excluding hydrogens is 304 g/mol. The minimum Gasteiger partial charge on any atom is -0.372 e. The molecule has 1 aromatic carbocycles. The lowest BCUT2D eigenvalue weighted by Gasteiger charge is -2.32. The Hall–Kier alpha value is -2.08. The van der Waals surface area contributed by atoms with Gasteiger partial charge in [-0.15, -0.1) is 0 Å². The quantitative estimate of drug-likeness (QED) is 0.887. The van der Waals surface area contributed by atoms with E-state index in [0.717, 1.165) is 45.0 Å². The molecule has 130 valence electrons. The van der Waals surface area contributed by atoms with E-state index >= 15 is 0 Å². The van der Waals surface area contributed by atoms with Gasteiger partial charge in [-0.1, -0.05) is 0 Å². The van der Waals surface area contributed by atoms with Crippen LogP contribution in [0.5, 0.6) is 0 Å². The van der Waals surface area contributed by atoms with Gasteiger partial charge >= 0.3 is 0 Å². The Morgan fingerprint density at radius 1 is 0.958 bits per heavy atom. The molecule has 3 rings (SSSR count). The number of amides is 2. The Bertz CT molecular complexity index is 573. The van der Waals surface area contributed by atoms with Gasteiger partial charge in [0.2, 0.25) is 5.91 Å². The van der Waals surface area contributed by atoms with Gasteiger partial charge in [0.15, 0.2) is 0 Å². The summed E-state index contributed by atoms with van der Waals surface area (Å²) in [5, 5.41) is 2.74. The summed E-state index contributed by atoms with van der Waals surface area (Å²) in [5.41, 5.74) is 1.77. The second-order valence-corrected chi connectivity index (χ2v) is 6.61. The molecule has 2 aliphatic rings. The van der Waals surface area contributed by atoms with E-state index in [1.165, 1.54) is 12.8 Å². The molecule has 2 saturated heterocycles. The van der Waals surface area contributed by atoms with Crippen molar-refractivity contribution in [2.45, 2.75) is 12.8 Å². The first-order valence-corrected chi connectivity index (χ1v) is 8.73. The Kier molecular flexibility index (Phi) is 5.35. The topological polar surface area (TPSA) is 55.9 Å². The smallest absolute Gasteiger partial charge is 0.251 e. The van der Waals surface area contributed by atoms with Crippen molar-refractivity contribution in [2.24, 2.45) is 0 Å². The molecule has 1 N–H and O–H groups in total. The molecule has 0 saturated carbocycles. The zero-order chi connectivity index (χ0) is 16.9. The number of benzene rings is 1. The van der Waals surface area contributed by atoms with Crippen molar-refractivity contribution in [3.05, 3.63) is 29.8 Å². The van der Waals surface area contributed by atoms with Gasteiger partial charge in [-0.05, 0) is 44.2 Å². The van der Waals surface area contributed by atoms with E-state index in [1.54, 1.807) is 0 Å². The van der Waals surface area contributed by atoms with E-state index in [2.05, 4.69) is 22.2 Å². The Morgan fingerprint density at radius 3 is 2.21 bits per heavy atom. The van der Waals surface area contributed by atoms with Crippen LogP contribution >= 0.6 is 0 Å². The highest BCUT2D eigenvalue weighted by atomic mass is 16.2. The highest BCUT2D eigenvalue weighted by Crippen LogP contribution is 2.20. The molecule has 1 aromatic rings. The summed E-state index contributed by atoms with van der Waals surface area (Å²) in [6, 6.07) is 7.65. The van der Waals surface area contributed by atoms with Gasteiger partial charge in [0.05, 0.1) is 6.54 Å². The first-order chi connectivity index (χ1) is 11.6. The van der Waals surface area contributed by atoms with Crippen molar-refractivity contribution in [1.82, 2.24) is 15.1 Å². The molecular formula is C18H26N4O2. The van der Waals surface area contributed by atoms with E-state index < -0.39 is 0 Å². The van der Waals surface area contributed by atoms with Crippen molar-refractivity contribution < 1.29 is 9.59 Å². The molecule has 6 heteroatoms. The van der Waals surface area contributed by atoms with Crippen LogP contribution in [-0.2, 0) is 4.79 Å². The number of nitrogens with zero attached hydrogens (tertiary/aromatic N) is 3. The fourth-order valence-electron chi connectivity index (χ4n) is 3.22. The molecule has 0 spiro atoms. The molecule has 2 fully saturated rings. The van der Waals surface area contributed by atoms with Crippen LogP contribution in [0.3, 0.4) is 0 Å². The van der Waals surface area contributed by atoms with Gasteiger partial charge < -0.3 is 20.0 Å². The number of hydrogen-bond donors (Lipinski definition) is 1. The van der Waals surface area contributed by atoms with Gasteiger partial charge in [0.25, 0.3) is 5.91 Å². The number of carbonyl (C=O) groups is 2. The lowest BCUT2D eigenvalue weighted by molar-refractivity contribution is -0.131. The lowest BCUT2D eigenvalue weighted by Crippen LogP contribution is -2.50. The standard InChI is InChI=1S/C18H26N4O2/c1-20-10-12-22(13-11-20)17(23)14-19-18(24)15-4-6-16(7-5-15)21-8-2-3-9-21/h4-7H,2-3,8-14H2,1H3,(H,19,24). The Morgan fingerprint density at radius 2 is 1.58 bits per heavy atom. The molecule has 24 heavy (non-hydrogen) atoms. The number of piperazine rings is 1. The van der Waals surface area contributed by atoms with Crippen LogP contribution in [0.4, 0.5) is 5.69 Å². The predicted molar refractivity (Wildman–Crippen MR) is 94.3 cm³/mol. The van der Waals surface area contributed by atoms with Crippen molar-refractivity contribution in [3.8, 4) is 0 Å². The fourth-order valence-corrected chi connectivity index (χ4v) is 3.22. The molecule has 0 atom stereocenters. The molecule has 2 amide bonds. The first kappa shape index (κ1) is 16.8. The molecule has 6 nitrogen and oxygen atoms in total. The van der Waals surface area contributed by atoms with E-state index in [9.17, 15) is 9.59 Å². The minimum absolute atomic E-state index is 0.00913. The summed E-state index contributed by atoms with van der Waals surface area (Å²) in [5.74, 6) is -0.199. The second kappa shape index (κ2) is 7.66. The molecule has 2 heterocycles. The SMILES string of the molecule is CN1CCN(C(=O)CNC(=O)c2ccc(N3CCCC3)cc2)CC1. The van der Waals surface area contributed by atoms with Crippen molar-refractivity contribution in [3.63, 3.8) is 0 Å². The lowest BCUT2D eigenvalue weighted by atomic mass is 10.2. The number of anilines is 1. The van der Waals surface area contributed by atoms with Crippen molar-refractivity contribution in [2.75, 3.05) is 57.8 Å². The summed E-state index contributed by atoms with van der Waals surface area (Å²) in [6.07, 6.45) is 2.47. The number of nitrogens with one attached hydrogen (secondary N) is 1. The molecule has 0 aliphatic carbocycles. The molecule has 0 aromatic heterocycles. The molecule has 2 aliphatic heterocycles. The maximum Gasteiger partial charge on any atom is 0.251 e. The third-order valence-electron chi connectivity index (χ3n) is 4.86. The maximum atomic E-state index is 12.2. The third kappa shape index (κ3) is 4.06. The maximum absolute atomic E-state index is 12.2. The molecule has 0 radical (unpaired) electrons. The largest absolute Gasteiger partial charge is 0.372 e. The van der Waals surface area contributed by atoms with E-state index in [0.29, 0.717) is 5.56 Å². The summed E-state index contributed by atoms with van der Waals surface area (Å²) < 4.78 is 0. The van der Waals surface area contributed by atoms with Gasteiger partial charge in [-0.25, -0.2) is 0 Å². The van der Waals surface area contributed by atoms with Crippen LogP contribution < -0.4 is 10.2 Å². The van der Waals surface area contributed by atoms with E-state index in [1.807, 2.05) is 29.2 Å². The average molecular weight is 330 g/mol. The second-order valence-electron chi connectivity index (χ2n) is 6.61. The van der Waals surface area contributed by atoms with Crippen molar-refractivity contribution >= 4 is 17.5 Å². The molecule has 0 bridgehead atoms. The van der Waals surface area contributed by atoms with Crippen LogP contribution in [-0.4, -0.2) is 74.5 Å². The fraction of sp³-hybridized carbons (Fsp3) is 0.556. The monoisotopic (exact) mass is 330 g/mol. The number of hydrogen-bond acceptors (Lipinski definition) is 4. The average Bonchev–Trinajstić information content (AvgIpc) is 3.15. The van der Waals surface area contributed by atoms with Crippen LogP contribution in [0.1, 0.15) is 23.2 Å². The van der Waals surface area contributed by atoms with Gasteiger partial charge in [0.1, 0.15) is 0 Å². The van der Waals surface area contributed by atoms with Crippen LogP contribution in [0.25, 0.3) is 0 Å². The zero-order valence-corrected chi connectivity index (χ0v) is 14.3. The predicted octanol–water partition coefficient (Wildman–Crippen LogP) is 0.791. The summed E-state index contributed by atoms with van der Waals surface area (Å²) in [6.45, 7) is 5.48. The van der Waals surface area contributed by atoms with Crippen LogP contribution in [0, 0.1) is 0 Å². The highest BCUT2D eigenvalue weighted by molar-refractivity contribution is 5.96. The number of rotatable bonds is 4. The van der Waals surface area contributed by atoms with Gasteiger partial charge in [0, 0.05) is 50.5 Å². The van der Waals surface area contributed by atoms with E-state index in [4.69, 9.17) is 0 Å². The number of carbonyl (C=O) groups excluding carboxylic acids is 2. The van der Waals surface area contributed by atoms with Gasteiger partial charge in [-0.3, -0.25) is 9.59 Å². The Balaban J connectivity index is 1.48. The van der Waals surface area contributed by atoms with Crippen molar-refractivity contribution in [1.29, 1.82) is 0 Å². The number of likely N-dealkylation sites (N-methyl/N-ethyl adjacent to an activating group) is 1. The van der Waals surface area contributed by atoms with Crippen LogP contribution in [0.15, 0.2) is 24.3 Å². The summed E-state index contributed by atoms with van der Waals surface area (Å²) in [7, 11) is 2.05. The van der Waals surface area contributed by atoms with Gasteiger partial charge in [-0.2, -0.15) is 0 Å². The summed E-state index contributed by atoms with van der Waals surface area (Å²) >= 11 is 0. The zero-order valence-electron chi connectivity index (χ0n) is 14.3. The first-order valence-electron chi connectivity index (χ1n) is 8.73. The molecule has 0 unspecified atom stereocenters. The Labute approximate surface area is 143 Å². The van der Waals surface area contributed by atoms with E-state index in [-0.39, 0.29) is 18.4 Å². The summed E-state index contributed by atoms with van der Waals surface area (Å²) in [4.78, 5) is 30.7. The highest BCUT2D eigenvalue weighted by Gasteiger charge is 2.19. The third-order valence-corrected chi connectivity index (χ3v) is 4.86. The van der Waals surface area contributed by atoms with Crippen LogP contribution in [0.2, 0.25) is 0 Å².